The Morgan fingerprint density at radius 2 is 1.47 bits per heavy atom. The van der Waals surface area contributed by atoms with Crippen LogP contribution in [0.2, 0.25) is 5.04 Å². The Morgan fingerprint density at radius 1 is 0.941 bits per heavy atom. The molecule has 2 aromatic carbocycles. The fourth-order valence-electron chi connectivity index (χ4n) is 5.16. The molecule has 4 nitrogen and oxygen atoms in total. The highest BCUT2D eigenvalue weighted by Gasteiger charge is 2.53. The van der Waals surface area contributed by atoms with Crippen molar-refractivity contribution >= 4 is 24.8 Å². The highest BCUT2D eigenvalue weighted by Crippen LogP contribution is 2.39. The van der Waals surface area contributed by atoms with Crippen LogP contribution in [-0.4, -0.2) is 43.6 Å². The lowest BCUT2D eigenvalue weighted by Gasteiger charge is -2.44. The third-order valence-corrected chi connectivity index (χ3v) is 11.7. The van der Waals surface area contributed by atoms with Crippen molar-refractivity contribution in [3.8, 4) is 0 Å². The molecule has 0 saturated carbocycles. The number of ether oxygens (including phenoxy) is 1. The smallest absolute Gasteiger partial charge is 0.410 e. The lowest BCUT2D eigenvalue weighted by molar-refractivity contribution is 0.0204. The van der Waals surface area contributed by atoms with E-state index in [4.69, 9.17) is 9.16 Å². The molecular formula is C29H43NO3Si. The van der Waals surface area contributed by atoms with Gasteiger partial charge in [0, 0.05) is 12.6 Å². The van der Waals surface area contributed by atoms with Gasteiger partial charge in [-0.3, -0.25) is 0 Å². The third kappa shape index (κ3) is 5.92. The summed E-state index contributed by atoms with van der Waals surface area (Å²) in [7, 11) is -2.67. The van der Waals surface area contributed by atoms with E-state index in [1.165, 1.54) is 10.4 Å². The first kappa shape index (κ1) is 26.5. The van der Waals surface area contributed by atoms with Crippen molar-refractivity contribution in [3.63, 3.8) is 0 Å². The number of likely N-dealkylation sites (tertiary alicyclic amines) is 1. The second-order valence-corrected chi connectivity index (χ2v) is 15.8. The quantitative estimate of drug-likeness (QED) is 0.447. The van der Waals surface area contributed by atoms with Crippen LogP contribution in [0.15, 0.2) is 60.7 Å². The van der Waals surface area contributed by atoms with E-state index in [0.29, 0.717) is 6.54 Å². The molecule has 2 aromatic rings. The number of carbonyl (C=O) groups is 1. The van der Waals surface area contributed by atoms with Crippen molar-refractivity contribution in [2.75, 3.05) is 6.54 Å². The molecular weight excluding hydrogens is 438 g/mol. The van der Waals surface area contributed by atoms with Gasteiger partial charge in [-0.1, -0.05) is 101 Å². The molecule has 1 amide bonds. The fourth-order valence-corrected chi connectivity index (χ4v) is 9.84. The molecule has 0 bridgehead atoms. The van der Waals surface area contributed by atoms with Gasteiger partial charge in [0.05, 0.1) is 6.10 Å². The summed E-state index contributed by atoms with van der Waals surface area (Å²) in [6.07, 6.45) is 3.79. The highest BCUT2D eigenvalue weighted by molar-refractivity contribution is 6.99. The fraction of sp³-hybridized carbons (Fsp3) is 0.552. The molecule has 0 spiro atoms. The Bertz CT molecular complexity index is 878. The molecule has 34 heavy (non-hydrogen) atoms. The normalized spacial score (nSPS) is 19.3. The first-order chi connectivity index (χ1) is 16.0. The molecule has 5 heteroatoms. The monoisotopic (exact) mass is 481 g/mol. The topological polar surface area (TPSA) is 38.8 Å². The highest BCUT2D eigenvalue weighted by atomic mass is 28.4. The van der Waals surface area contributed by atoms with Crippen LogP contribution >= 0.6 is 0 Å². The summed E-state index contributed by atoms with van der Waals surface area (Å²) < 4.78 is 13.1. The summed E-state index contributed by atoms with van der Waals surface area (Å²) in [6.45, 7) is 15.5. The Balaban J connectivity index is 2.00. The zero-order valence-electron chi connectivity index (χ0n) is 22.1. The maximum atomic E-state index is 13.1. The lowest BCUT2D eigenvalue weighted by Crippen LogP contribution is -2.67. The van der Waals surface area contributed by atoms with Crippen LogP contribution < -0.4 is 10.4 Å². The van der Waals surface area contributed by atoms with Gasteiger partial charge in [0.25, 0.3) is 8.32 Å². The molecule has 0 N–H and O–H groups in total. The van der Waals surface area contributed by atoms with Crippen LogP contribution in [0, 0.1) is 0 Å². The summed E-state index contributed by atoms with van der Waals surface area (Å²) in [5.41, 5.74) is -0.511. The van der Waals surface area contributed by atoms with Crippen molar-refractivity contribution in [2.24, 2.45) is 0 Å². The molecule has 0 aliphatic carbocycles. The molecule has 2 unspecified atom stereocenters. The third-order valence-electron chi connectivity index (χ3n) is 6.66. The largest absolute Gasteiger partial charge is 0.444 e. The Hall–Kier alpha value is -2.11. The second-order valence-electron chi connectivity index (χ2n) is 11.6. The molecule has 1 fully saturated rings. The summed E-state index contributed by atoms with van der Waals surface area (Å²) in [6, 6.07) is 21.6. The van der Waals surface area contributed by atoms with E-state index in [2.05, 4.69) is 88.4 Å². The Morgan fingerprint density at radius 3 is 1.91 bits per heavy atom. The predicted octanol–water partition coefficient (Wildman–Crippen LogP) is 6.13. The number of rotatable bonds is 7. The van der Waals surface area contributed by atoms with Gasteiger partial charge in [0.1, 0.15) is 5.60 Å². The van der Waals surface area contributed by atoms with Crippen molar-refractivity contribution in [3.05, 3.63) is 60.7 Å². The minimum absolute atomic E-state index is 0.0271. The van der Waals surface area contributed by atoms with Gasteiger partial charge in [-0.05, 0) is 49.0 Å². The summed E-state index contributed by atoms with van der Waals surface area (Å²) >= 11 is 0. The van der Waals surface area contributed by atoms with Gasteiger partial charge in [0.2, 0.25) is 0 Å². The maximum absolute atomic E-state index is 13.1. The number of benzene rings is 2. The molecule has 186 valence electrons. The molecule has 0 radical (unpaired) electrons. The minimum atomic E-state index is -2.67. The number of amides is 1. The number of nitrogens with zero attached hydrogens (tertiary/aromatic N) is 1. The van der Waals surface area contributed by atoms with Crippen LogP contribution in [0.4, 0.5) is 4.79 Å². The average molecular weight is 482 g/mol. The summed E-state index contributed by atoms with van der Waals surface area (Å²) in [5.74, 6) is 0. The molecule has 2 atom stereocenters. The van der Waals surface area contributed by atoms with Crippen molar-refractivity contribution in [2.45, 2.75) is 96.9 Å². The zero-order chi connectivity index (χ0) is 25.0. The predicted molar refractivity (Wildman–Crippen MR) is 143 cm³/mol. The summed E-state index contributed by atoms with van der Waals surface area (Å²) in [4.78, 5) is 15.1. The Kier molecular flexibility index (Phi) is 8.30. The standard InChI is InChI=1S/C29H43NO3Si/c1-8-9-16-23-21-24(22-30(23)27(31)32-28(2,3)4)33-34(29(5,6)7,25-17-12-10-13-18-25)26-19-14-11-15-20-26/h10-15,17-20,23-24H,8-9,16,21-22H2,1-7H3. The van der Waals surface area contributed by atoms with E-state index in [1.807, 2.05) is 25.7 Å². The van der Waals surface area contributed by atoms with Crippen LogP contribution in [-0.2, 0) is 9.16 Å². The SMILES string of the molecule is CCCCC1CC(O[Si](c2ccccc2)(c2ccccc2)C(C)(C)C)CN1C(=O)OC(C)(C)C. The van der Waals surface area contributed by atoms with Gasteiger partial charge in [-0.2, -0.15) is 0 Å². The van der Waals surface area contributed by atoms with Crippen molar-refractivity contribution < 1.29 is 14.0 Å². The number of hydrogen-bond acceptors (Lipinski definition) is 3. The van der Waals surface area contributed by atoms with E-state index in [0.717, 1.165) is 25.7 Å². The molecule has 1 saturated heterocycles. The van der Waals surface area contributed by atoms with Crippen LogP contribution in [0.1, 0.15) is 74.1 Å². The Labute approximate surface area is 207 Å². The van der Waals surface area contributed by atoms with Crippen LogP contribution in [0.5, 0.6) is 0 Å². The van der Waals surface area contributed by atoms with Gasteiger partial charge < -0.3 is 14.1 Å². The molecule has 1 heterocycles. The molecule has 1 aliphatic heterocycles. The van der Waals surface area contributed by atoms with Crippen LogP contribution in [0.3, 0.4) is 0 Å². The number of carbonyl (C=O) groups excluding carboxylic acids is 1. The number of unbranched alkanes of at least 4 members (excludes halogenated alkanes) is 1. The lowest BCUT2D eigenvalue weighted by atomic mass is 10.1. The van der Waals surface area contributed by atoms with Gasteiger partial charge in [-0.15, -0.1) is 0 Å². The first-order valence-electron chi connectivity index (χ1n) is 12.8. The van der Waals surface area contributed by atoms with Crippen molar-refractivity contribution in [1.82, 2.24) is 4.90 Å². The first-order valence-corrected chi connectivity index (χ1v) is 14.7. The molecule has 3 rings (SSSR count). The van der Waals surface area contributed by atoms with Gasteiger partial charge >= 0.3 is 6.09 Å². The van der Waals surface area contributed by atoms with E-state index in [-0.39, 0.29) is 23.3 Å². The number of hydrogen-bond donors (Lipinski definition) is 0. The second kappa shape index (κ2) is 10.7. The zero-order valence-corrected chi connectivity index (χ0v) is 23.1. The summed E-state index contributed by atoms with van der Waals surface area (Å²) in [5, 5.41) is 2.46. The van der Waals surface area contributed by atoms with Crippen LogP contribution in [0.25, 0.3) is 0 Å². The van der Waals surface area contributed by atoms with E-state index in [9.17, 15) is 4.79 Å². The minimum Gasteiger partial charge on any atom is -0.444 e. The van der Waals surface area contributed by atoms with Crippen molar-refractivity contribution in [1.29, 1.82) is 0 Å². The molecule has 0 aromatic heterocycles. The van der Waals surface area contributed by atoms with Gasteiger partial charge in [-0.25, -0.2) is 4.79 Å². The van der Waals surface area contributed by atoms with E-state index in [1.54, 1.807) is 0 Å². The molecule has 1 aliphatic rings. The average Bonchev–Trinajstić information content (AvgIpc) is 3.18. The maximum Gasteiger partial charge on any atom is 0.410 e. The van der Waals surface area contributed by atoms with E-state index >= 15 is 0 Å². The van der Waals surface area contributed by atoms with Gasteiger partial charge in [0.15, 0.2) is 0 Å². The van der Waals surface area contributed by atoms with E-state index < -0.39 is 13.9 Å².